The maximum atomic E-state index is 12.8. The normalized spacial score (nSPS) is 11.4. The third-order valence-corrected chi connectivity index (χ3v) is 7.21. The lowest BCUT2D eigenvalue weighted by Gasteiger charge is -2.20. The predicted molar refractivity (Wildman–Crippen MR) is 117 cm³/mol. The molecule has 0 aliphatic rings. The number of rotatable bonds is 7. The summed E-state index contributed by atoms with van der Waals surface area (Å²) in [6.45, 7) is 2.17. The quantitative estimate of drug-likeness (QED) is 0.399. The zero-order valence-electron chi connectivity index (χ0n) is 16.5. The van der Waals surface area contributed by atoms with Crippen molar-refractivity contribution in [3.63, 3.8) is 0 Å². The van der Waals surface area contributed by atoms with E-state index in [1.165, 1.54) is 11.4 Å². The first-order chi connectivity index (χ1) is 14.4. The summed E-state index contributed by atoms with van der Waals surface area (Å²) in [5.74, 6) is 1.18. The van der Waals surface area contributed by atoms with Crippen molar-refractivity contribution in [3.05, 3.63) is 83.6 Å². The molecule has 0 radical (unpaired) electrons. The third kappa shape index (κ3) is 4.24. The molecule has 154 valence electrons. The molecule has 0 saturated carbocycles. The number of benzene rings is 2. The van der Waals surface area contributed by atoms with Gasteiger partial charge in [0.25, 0.3) is 10.0 Å². The number of sulfonamides is 1. The Labute approximate surface area is 179 Å². The molecular weight excluding hydrogens is 420 g/mol. The van der Waals surface area contributed by atoms with Gasteiger partial charge in [0.1, 0.15) is 24.3 Å². The fraction of sp³-hybridized carbons (Fsp3) is 0.136. The lowest BCUT2D eigenvalue weighted by Crippen LogP contribution is -2.26. The standard InChI is InChI=1S/C22H20N2O4S2/c1-16-5-11-20(12-6-16)30(25,26)24(2)18-7-9-19(10-8-18)27-14-17-15-28-22(23-17)21-4-3-13-29-21/h3-13,15H,14H2,1-2H3. The van der Waals surface area contributed by atoms with E-state index in [1.807, 2.05) is 24.4 Å². The van der Waals surface area contributed by atoms with Crippen molar-refractivity contribution in [1.29, 1.82) is 0 Å². The van der Waals surface area contributed by atoms with Gasteiger partial charge in [-0.15, -0.1) is 11.3 Å². The molecule has 4 rings (SSSR count). The Morgan fingerprint density at radius 2 is 1.80 bits per heavy atom. The largest absolute Gasteiger partial charge is 0.487 e. The molecule has 0 saturated heterocycles. The molecule has 2 heterocycles. The van der Waals surface area contributed by atoms with Crippen molar-refractivity contribution in [2.24, 2.45) is 0 Å². The first-order valence-electron chi connectivity index (χ1n) is 9.20. The van der Waals surface area contributed by atoms with Gasteiger partial charge in [0, 0.05) is 7.05 Å². The van der Waals surface area contributed by atoms with Gasteiger partial charge in [-0.25, -0.2) is 13.4 Å². The van der Waals surface area contributed by atoms with E-state index in [4.69, 9.17) is 9.15 Å². The molecule has 0 N–H and O–H groups in total. The molecule has 0 spiro atoms. The highest BCUT2D eigenvalue weighted by Gasteiger charge is 2.21. The van der Waals surface area contributed by atoms with Crippen LogP contribution in [0.1, 0.15) is 11.3 Å². The predicted octanol–water partition coefficient (Wildman–Crippen LogP) is 5.12. The van der Waals surface area contributed by atoms with Crippen molar-refractivity contribution in [2.75, 3.05) is 11.4 Å². The fourth-order valence-corrected chi connectivity index (χ4v) is 4.65. The van der Waals surface area contributed by atoms with Crippen LogP contribution in [0.3, 0.4) is 0 Å². The molecule has 0 unspecified atom stereocenters. The number of anilines is 1. The summed E-state index contributed by atoms with van der Waals surface area (Å²) in [7, 11) is -2.09. The summed E-state index contributed by atoms with van der Waals surface area (Å²) in [5, 5.41) is 1.97. The van der Waals surface area contributed by atoms with Gasteiger partial charge >= 0.3 is 0 Å². The van der Waals surface area contributed by atoms with E-state index in [9.17, 15) is 8.42 Å². The molecular formula is C22H20N2O4S2. The van der Waals surface area contributed by atoms with Crippen LogP contribution in [0.2, 0.25) is 0 Å². The second kappa shape index (κ2) is 8.33. The molecule has 2 aromatic carbocycles. The molecule has 0 atom stereocenters. The smallest absolute Gasteiger partial charge is 0.264 e. The first kappa shape index (κ1) is 20.2. The van der Waals surface area contributed by atoms with Crippen LogP contribution in [0.4, 0.5) is 5.69 Å². The van der Waals surface area contributed by atoms with Crippen LogP contribution in [0.5, 0.6) is 5.75 Å². The van der Waals surface area contributed by atoms with Gasteiger partial charge in [0.15, 0.2) is 0 Å². The Hall–Kier alpha value is -3.10. The number of ether oxygens (including phenoxy) is 1. The summed E-state index contributed by atoms with van der Waals surface area (Å²) < 4.78 is 38.1. The fourth-order valence-electron chi connectivity index (χ4n) is 2.80. The summed E-state index contributed by atoms with van der Waals surface area (Å²) in [4.78, 5) is 5.63. The molecule has 4 aromatic rings. The third-order valence-electron chi connectivity index (χ3n) is 4.55. The van der Waals surface area contributed by atoms with Gasteiger partial charge in [0.05, 0.1) is 15.5 Å². The SMILES string of the molecule is Cc1ccc(S(=O)(=O)N(C)c2ccc(OCc3coc(-c4cccs4)n3)cc2)cc1. The van der Waals surface area contributed by atoms with Crippen LogP contribution < -0.4 is 9.04 Å². The molecule has 0 fully saturated rings. The maximum absolute atomic E-state index is 12.8. The summed E-state index contributed by atoms with van der Waals surface area (Å²) in [6.07, 6.45) is 1.57. The van der Waals surface area contributed by atoms with Crippen LogP contribution in [0.15, 0.2) is 81.6 Å². The molecule has 6 nitrogen and oxygen atoms in total. The first-order valence-corrected chi connectivity index (χ1v) is 11.5. The Morgan fingerprint density at radius 1 is 1.07 bits per heavy atom. The highest BCUT2D eigenvalue weighted by atomic mass is 32.2. The maximum Gasteiger partial charge on any atom is 0.264 e. The van der Waals surface area contributed by atoms with E-state index in [1.54, 1.807) is 66.1 Å². The average Bonchev–Trinajstić information content (AvgIpc) is 3.44. The number of oxazole rings is 1. The van der Waals surface area contributed by atoms with Crippen LogP contribution in [-0.4, -0.2) is 20.4 Å². The van der Waals surface area contributed by atoms with Crippen molar-refractivity contribution in [3.8, 4) is 16.5 Å². The minimum absolute atomic E-state index is 0.253. The lowest BCUT2D eigenvalue weighted by molar-refractivity contribution is 0.301. The molecule has 0 amide bonds. The lowest BCUT2D eigenvalue weighted by atomic mass is 10.2. The summed E-state index contributed by atoms with van der Waals surface area (Å²) >= 11 is 1.56. The van der Waals surface area contributed by atoms with E-state index >= 15 is 0 Å². The van der Waals surface area contributed by atoms with Crippen LogP contribution in [0.25, 0.3) is 10.8 Å². The topological polar surface area (TPSA) is 72.6 Å². The molecule has 0 bridgehead atoms. The summed E-state index contributed by atoms with van der Waals surface area (Å²) in [6, 6.07) is 17.6. The molecule has 0 aliphatic carbocycles. The van der Waals surface area contributed by atoms with Gasteiger partial charge in [0.2, 0.25) is 5.89 Å². The van der Waals surface area contributed by atoms with Crippen molar-refractivity contribution in [2.45, 2.75) is 18.4 Å². The minimum Gasteiger partial charge on any atom is -0.487 e. The number of hydrogen-bond acceptors (Lipinski definition) is 6. The Balaban J connectivity index is 1.42. The Bertz CT molecular complexity index is 1210. The van der Waals surface area contributed by atoms with Crippen LogP contribution in [0, 0.1) is 6.92 Å². The Morgan fingerprint density at radius 3 is 2.47 bits per heavy atom. The van der Waals surface area contributed by atoms with E-state index in [2.05, 4.69) is 4.98 Å². The van der Waals surface area contributed by atoms with E-state index in [0.717, 1.165) is 10.4 Å². The van der Waals surface area contributed by atoms with Gasteiger partial charge in [-0.3, -0.25) is 4.31 Å². The van der Waals surface area contributed by atoms with E-state index in [0.29, 0.717) is 23.0 Å². The number of aromatic nitrogens is 1. The summed E-state index contributed by atoms with van der Waals surface area (Å²) in [5.41, 5.74) is 2.23. The van der Waals surface area contributed by atoms with E-state index < -0.39 is 10.0 Å². The molecule has 8 heteroatoms. The average molecular weight is 441 g/mol. The number of thiophene rings is 1. The highest BCUT2D eigenvalue weighted by Crippen LogP contribution is 2.26. The monoisotopic (exact) mass is 440 g/mol. The highest BCUT2D eigenvalue weighted by molar-refractivity contribution is 7.92. The van der Waals surface area contributed by atoms with Gasteiger partial charge in [-0.05, 0) is 54.8 Å². The van der Waals surface area contributed by atoms with Gasteiger partial charge in [-0.2, -0.15) is 0 Å². The number of aryl methyl sites for hydroxylation is 1. The van der Waals surface area contributed by atoms with Crippen molar-refractivity contribution < 1.29 is 17.6 Å². The van der Waals surface area contributed by atoms with Crippen LogP contribution >= 0.6 is 11.3 Å². The molecule has 2 aromatic heterocycles. The molecule has 0 aliphatic heterocycles. The second-order valence-electron chi connectivity index (χ2n) is 6.69. The van der Waals surface area contributed by atoms with Crippen molar-refractivity contribution in [1.82, 2.24) is 4.98 Å². The molecule has 30 heavy (non-hydrogen) atoms. The minimum atomic E-state index is -3.62. The second-order valence-corrected chi connectivity index (χ2v) is 9.61. The van der Waals surface area contributed by atoms with Crippen molar-refractivity contribution >= 4 is 27.0 Å². The van der Waals surface area contributed by atoms with Gasteiger partial charge < -0.3 is 9.15 Å². The zero-order valence-corrected chi connectivity index (χ0v) is 18.1. The Kier molecular flexibility index (Phi) is 5.61. The zero-order chi connectivity index (χ0) is 21.1. The number of nitrogens with zero attached hydrogens (tertiary/aromatic N) is 2. The van der Waals surface area contributed by atoms with Crippen LogP contribution in [-0.2, 0) is 16.6 Å². The number of hydrogen-bond donors (Lipinski definition) is 0. The van der Waals surface area contributed by atoms with Gasteiger partial charge in [-0.1, -0.05) is 23.8 Å². The van der Waals surface area contributed by atoms with E-state index in [-0.39, 0.29) is 11.5 Å².